The van der Waals surface area contributed by atoms with Crippen LogP contribution in [-0.2, 0) is 0 Å². The summed E-state index contributed by atoms with van der Waals surface area (Å²) in [6, 6.07) is 0. The number of alkyl halides is 6. The Labute approximate surface area is 82.0 Å². The van der Waals surface area contributed by atoms with Gasteiger partial charge < -0.3 is 0 Å². The Balaban J connectivity index is 2.33. The van der Waals surface area contributed by atoms with E-state index in [0.29, 0.717) is 0 Å². The Morgan fingerprint density at radius 1 is 0.733 bits per heavy atom. The molecule has 0 aliphatic heterocycles. The molecule has 0 amide bonds. The lowest BCUT2D eigenvalue weighted by Crippen LogP contribution is -2.41. The Hall–Kier alpha value is -0.680. The first-order valence-electron chi connectivity index (χ1n) is 4.53. The highest BCUT2D eigenvalue weighted by atomic mass is 19.4. The van der Waals surface area contributed by atoms with Gasteiger partial charge in [-0.05, 0) is 18.3 Å². The van der Waals surface area contributed by atoms with Crippen molar-refractivity contribution < 1.29 is 26.3 Å². The van der Waals surface area contributed by atoms with Gasteiger partial charge in [-0.3, -0.25) is 0 Å². The quantitative estimate of drug-likeness (QED) is 0.441. The van der Waals surface area contributed by atoms with Crippen LogP contribution < -0.4 is 0 Å². The van der Waals surface area contributed by atoms with Crippen molar-refractivity contribution in [2.24, 2.45) is 23.7 Å². The zero-order chi connectivity index (χ0) is 11.4. The van der Waals surface area contributed by atoms with Crippen molar-refractivity contribution in [1.82, 2.24) is 0 Å². The number of allylic oxidation sites excluding steroid dienone is 2. The predicted molar refractivity (Wildman–Crippen MR) is 39.8 cm³/mol. The van der Waals surface area contributed by atoms with Gasteiger partial charge in [-0.2, -0.15) is 26.3 Å². The molecule has 2 unspecified atom stereocenters. The molecular weight excluding hydrogens is 222 g/mol. The average Bonchev–Trinajstić information content (AvgIpc) is 2.56. The van der Waals surface area contributed by atoms with Crippen molar-refractivity contribution in [2.75, 3.05) is 0 Å². The van der Waals surface area contributed by atoms with E-state index >= 15 is 0 Å². The molecule has 0 saturated heterocycles. The van der Waals surface area contributed by atoms with E-state index in [2.05, 4.69) is 0 Å². The predicted octanol–water partition coefficient (Wildman–Crippen LogP) is 3.55. The van der Waals surface area contributed by atoms with E-state index in [-0.39, 0.29) is 6.42 Å². The topological polar surface area (TPSA) is 0 Å². The normalized spacial score (nSPS) is 40.1. The van der Waals surface area contributed by atoms with E-state index in [4.69, 9.17) is 0 Å². The zero-order valence-corrected chi connectivity index (χ0v) is 7.44. The summed E-state index contributed by atoms with van der Waals surface area (Å²) in [5, 5.41) is 0. The SMILES string of the molecule is FC(F)(F)C1C(C(F)(F)F)[C@H]2C=C[C@@H]1C2. The third-order valence-corrected chi connectivity index (χ3v) is 3.22. The summed E-state index contributed by atoms with van der Waals surface area (Å²) in [5.41, 5.74) is 0. The summed E-state index contributed by atoms with van der Waals surface area (Å²) in [6.45, 7) is 0. The van der Waals surface area contributed by atoms with Crippen molar-refractivity contribution in [2.45, 2.75) is 18.8 Å². The summed E-state index contributed by atoms with van der Waals surface area (Å²) in [4.78, 5) is 0. The van der Waals surface area contributed by atoms with E-state index in [1.54, 1.807) is 0 Å². The van der Waals surface area contributed by atoms with Gasteiger partial charge in [0, 0.05) is 0 Å². The van der Waals surface area contributed by atoms with Crippen molar-refractivity contribution in [1.29, 1.82) is 0 Å². The summed E-state index contributed by atoms with van der Waals surface area (Å²) >= 11 is 0. The number of hydrogen-bond acceptors (Lipinski definition) is 0. The van der Waals surface area contributed by atoms with Crippen LogP contribution in [0.15, 0.2) is 12.2 Å². The molecule has 2 rings (SSSR count). The third kappa shape index (κ3) is 1.63. The highest BCUT2D eigenvalue weighted by Crippen LogP contribution is 2.58. The molecule has 0 radical (unpaired) electrons. The lowest BCUT2D eigenvalue weighted by Gasteiger charge is -2.31. The van der Waals surface area contributed by atoms with Crippen LogP contribution in [0.5, 0.6) is 0 Å². The molecule has 1 fully saturated rings. The van der Waals surface area contributed by atoms with Crippen molar-refractivity contribution in [3.63, 3.8) is 0 Å². The van der Waals surface area contributed by atoms with Gasteiger partial charge >= 0.3 is 12.4 Å². The molecule has 2 aliphatic rings. The van der Waals surface area contributed by atoms with Gasteiger partial charge in [0.05, 0.1) is 11.8 Å². The molecule has 0 heterocycles. The fourth-order valence-electron chi connectivity index (χ4n) is 2.71. The molecule has 4 atom stereocenters. The first-order chi connectivity index (χ1) is 6.71. The monoisotopic (exact) mass is 230 g/mol. The largest absolute Gasteiger partial charge is 0.393 e. The minimum atomic E-state index is -4.76. The zero-order valence-electron chi connectivity index (χ0n) is 7.44. The molecular formula is C9H8F6. The Kier molecular flexibility index (Phi) is 2.11. The molecule has 6 heteroatoms. The maximum Gasteiger partial charge on any atom is 0.393 e. The molecule has 0 aromatic rings. The lowest BCUT2D eigenvalue weighted by atomic mass is 9.82. The van der Waals surface area contributed by atoms with Crippen LogP contribution in [0.2, 0.25) is 0 Å². The van der Waals surface area contributed by atoms with E-state index in [1.165, 1.54) is 12.2 Å². The summed E-state index contributed by atoms with van der Waals surface area (Å²) in [6.07, 6.45) is -7.00. The summed E-state index contributed by atoms with van der Waals surface area (Å²) in [5.74, 6) is -6.46. The summed E-state index contributed by atoms with van der Waals surface area (Å²) < 4.78 is 74.8. The lowest BCUT2D eigenvalue weighted by molar-refractivity contribution is -0.256. The molecule has 86 valence electrons. The van der Waals surface area contributed by atoms with E-state index in [1.807, 2.05) is 0 Å². The fraction of sp³-hybridized carbons (Fsp3) is 0.778. The van der Waals surface area contributed by atoms with Gasteiger partial charge in [-0.25, -0.2) is 0 Å². The minimum Gasteiger partial charge on any atom is -0.171 e. The second kappa shape index (κ2) is 2.92. The van der Waals surface area contributed by atoms with Gasteiger partial charge in [0.15, 0.2) is 0 Å². The van der Waals surface area contributed by atoms with Crippen LogP contribution in [0, 0.1) is 23.7 Å². The maximum atomic E-state index is 12.5. The van der Waals surface area contributed by atoms with Gasteiger partial charge in [0.2, 0.25) is 0 Å². The Morgan fingerprint density at radius 2 is 1.07 bits per heavy atom. The van der Waals surface area contributed by atoms with Gasteiger partial charge in [-0.15, -0.1) is 0 Å². The van der Waals surface area contributed by atoms with Crippen LogP contribution in [0.3, 0.4) is 0 Å². The van der Waals surface area contributed by atoms with Crippen LogP contribution >= 0.6 is 0 Å². The second-order valence-electron chi connectivity index (χ2n) is 4.08. The van der Waals surface area contributed by atoms with Crippen molar-refractivity contribution in [3.8, 4) is 0 Å². The van der Waals surface area contributed by atoms with Crippen LogP contribution in [0.1, 0.15) is 6.42 Å². The minimum absolute atomic E-state index is 0.0195. The Morgan fingerprint density at radius 3 is 1.33 bits per heavy atom. The Bertz CT molecular complexity index is 258. The van der Waals surface area contributed by atoms with Gasteiger partial charge in [-0.1, -0.05) is 12.2 Å². The van der Waals surface area contributed by atoms with E-state index in [9.17, 15) is 26.3 Å². The standard InChI is InChI=1S/C9H8F6/c10-8(11,12)6-4-1-2-5(3-4)7(6)9(13,14)15/h1-2,4-7H,3H2/t4-,5+,6?,7?. The van der Waals surface area contributed by atoms with E-state index in [0.717, 1.165) is 0 Å². The van der Waals surface area contributed by atoms with Crippen LogP contribution in [0.4, 0.5) is 26.3 Å². The number of fused-ring (bicyclic) bond motifs is 2. The van der Waals surface area contributed by atoms with Crippen molar-refractivity contribution in [3.05, 3.63) is 12.2 Å². The molecule has 0 aromatic carbocycles. The smallest absolute Gasteiger partial charge is 0.171 e. The molecule has 1 saturated carbocycles. The summed E-state index contributed by atoms with van der Waals surface area (Å²) in [7, 11) is 0. The molecule has 2 aliphatic carbocycles. The second-order valence-corrected chi connectivity index (χ2v) is 4.08. The fourth-order valence-corrected chi connectivity index (χ4v) is 2.71. The first kappa shape index (κ1) is 10.8. The molecule has 0 spiro atoms. The number of halogens is 6. The van der Waals surface area contributed by atoms with Gasteiger partial charge in [0.1, 0.15) is 0 Å². The highest BCUT2D eigenvalue weighted by Gasteiger charge is 2.65. The first-order valence-corrected chi connectivity index (χ1v) is 4.53. The van der Waals surface area contributed by atoms with Gasteiger partial charge in [0.25, 0.3) is 0 Å². The number of hydrogen-bond donors (Lipinski definition) is 0. The molecule has 0 N–H and O–H groups in total. The maximum absolute atomic E-state index is 12.5. The molecule has 2 bridgehead atoms. The van der Waals surface area contributed by atoms with Crippen LogP contribution in [-0.4, -0.2) is 12.4 Å². The van der Waals surface area contributed by atoms with Crippen LogP contribution in [0.25, 0.3) is 0 Å². The number of rotatable bonds is 0. The van der Waals surface area contributed by atoms with E-state index < -0.39 is 36.0 Å². The molecule has 15 heavy (non-hydrogen) atoms. The molecule has 0 aromatic heterocycles. The average molecular weight is 230 g/mol. The van der Waals surface area contributed by atoms with Crippen molar-refractivity contribution >= 4 is 0 Å². The molecule has 0 nitrogen and oxygen atoms in total. The third-order valence-electron chi connectivity index (χ3n) is 3.22. The highest BCUT2D eigenvalue weighted by molar-refractivity contribution is 5.16.